The summed E-state index contributed by atoms with van der Waals surface area (Å²) in [6.07, 6.45) is 16.1. The van der Waals surface area contributed by atoms with Crippen LogP contribution in [0.3, 0.4) is 0 Å². The number of rotatable bonds is 16. The minimum Gasteiger partial charge on any atom is -0.353 e. The zero-order valence-electron chi connectivity index (χ0n) is 31.2. The predicted molar refractivity (Wildman–Crippen MR) is 191 cm³/mol. The lowest BCUT2D eigenvalue weighted by Gasteiger charge is -2.38. The summed E-state index contributed by atoms with van der Waals surface area (Å²) in [4.78, 5) is 67.2. The van der Waals surface area contributed by atoms with Crippen molar-refractivity contribution in [2.75, 3.05) is 0 Å². The van der Waals surface area contributed by atoms with E-state index in [1.807, 2.05) is 27.7 Å². The second-order valence-electron chi connectivity index (χ2n) is 16.8. The van der Waals surface area contributed by atoms with Gasteiger partial charge < -0.3 is 10.6 Å². The number of Topliss-reactive ketones (excluding diaryl/α,β-unsaturated/α-hetero) is 3. The number of carbonyl (C=O) groups excluding carboxylic acids is 5. The molecule has 7 nitrogen and oxygen atoms in total. The average molecular weight is 669 g/mol. The lowest BCUT2D eigenvalue weighted by Crippen LogP contribution is -2.51. The summed E-state index contributed by atoms with van der Waals surface area (Å²) in [5.74, 6) is 1.31. The number of hydrogen-bond acceptors (Lipinski definition) is 5. The van der Waals surface area contributed by atoms with Gasteiger partial charge in [-0.2, -0.15) is 0 Å². The van der Waals surface area contributed by atoms with Crippen LogP contribution in [-0.4, -0.2) is 41.2 Å². The van der Waals surface area contributed by atoms with Gasteiger partial charge in [-0.3, -0.25) is 24.0 Å². The zero-order valence-corrected chi connectivity index (χ0v) is 31.2. The Morgan fingerprint density at radius 1 is 0.562 bits per heavy atom. The molecule has 0 aromatic carbocycles. The quantitative estimate of drug-likeness (QED) is 0.173. The van der Waals surface area contributed by atoms with E-state index in [1.54, 1.807) is 0 Å². The van der Waals surface area contributed by atoms with E-state index in [0.717, 1.165) is 96.3 Å². The van der Waals surface area contributed by atoms with E-state index >= 15 is 0 Å². The van der Waals surface area contributed by atoms with Gasteiger partial charge in [0, 0.05) is 60.4 Å². The molecule has 48 heavy (non-hydrogen) atoms. The topological polar surface area (TPSA) is 109 Å². The molecule has 272 valence electrons. The summed E-state index contributed by atoms with van der Waals surface area (Å²) in [5, 5.41) is 6.78. The molecule has 0 aliphatic heterocycles. The number of nitrogens with one attached hydrogen (secondary N) is 2. The van der Waals surface area contributed by atoms with Crippen LogP contribution in [0, 0.1) is 59.2 Å². The molecule has 4 rings (SSSR count). The third kappa shape index (κ3) is 9.59. The Hall–Kier alpha value is -2.05. The Morgan fingerprint density at radius 2 is 1.15 bits per heavy atom. The zero-order chi connectivity index (χ0) is 35.0. The van der Waals surface area contributed by atoms with E-state index < -0.39 is 0 Å². The van der Waals surface area contributed by atoms with Gasteiger partial charge in [-0.25, -0.2) is 0 Å². The van der Waals surface area contributed by atoms with Gasteiger partial charge in [0.1, 0.15) is 17.3 Å². The Morgan fingerprint density at radius 3 is 1.81 bits per heavy atom. The summed E-state index contributed by atoms with van der Waals surface area (Å²) in [6, 6.07) is -0.164. The molecule has 0 heterocycles. The lowest BCUT2D eigenvalue weighted by atomic mass is 9.67. The van der Waals surface area contributed by atoms with Crippen molar-refractivity contribution in [1.29, 1.82) is 0 Å². The third-order valence-electron chi connectivity index (χ3n) is 13.1. The second kappa shape index (κ2) is 18.3. The van der Waals surface area contributed by atoms with Crippen LogP contribution >= 0.6 is 0 Å². The first-order valence-corrected chi connectivity index (χ1v) is 20.2. The van der Waals surface area contributed by atoms with Crippen LogP contribution < -0.4 is 10.6 Å². The monoisotopic (exact) mass is 669 g/mol. The van der Waals surface area contributed by atoms with E-state index in [-0.39, 0.29) is 94.6 Å². The van der Waals surface area contributed by atoms with Gasteiger partial charge >= 0.3 is 0 Å². The molecule has 4 saturated carbocycles. The molecule has 4 aliphatic carbocycles. The molecule has 0 saturated heterocycles. The molecular formula is C41H68N2O5. The molecule has 2 amide bonds. The number of amides is 2. The molecule has 7 heteroatoms. The van der Waals surface area contributed by atoms with E-state index in [9.17, 15) is 24.0 Å². The van der Waals surface area contributed by atoms with E-state index in [1.165, 1.54) is 0 Å². The molecule has 2 N–H and O–H groups in total. The fourth-order valence-corrected chi connectivity index (χ4v) is 10.3. The summed E-state index contributed by atoms with van der Waals surface area (Å²) in [6.45, 7) is 12.1. The average Bonchev–Trinajstić information content (AvgIpc) is 3.73. The molecule has 4 fully saturated rings. The van der Waals surface area contributed by atoms with Crippen molar-refractivity contribution in [3.05, 3.63) is 0 Å². The Labute approximate surface area is 291 Å². The molecule has 0 aromatic heterocycles. The smallest absolute Gasteiger partial charge is 0.223 e. The Bertz CT molecular complexity index is 1120. The fourth-order valence-electron chi connectivity index (χ4n) is 10.3. The van der Waals surface area contributed by atoms with Gasteiger partial charge in [-0.05, 0) is 87.9 Å². The van der Waals surface area contributed by atoms with Crippen LogP contribution in [-0.2, 0) is 24.0 Å². The van der Waals surface area contributed by atoms with E-state index in [0.29, 0.717) is 25.0 Å². The van der Waals surface area contributed by atoms with Gasteiger partial charge in [-0.1, -0.05) is 80.1 Å². The molecule has 0 aromatic rings. The van der Waals surface area contributed by atoms with E-state index in [4.69, 9.17) is 0 Å². The van der Waals surface area contributed by atoms with Crippen molar-refractivity contribution in [1.82, 2.24) is 10.6 Å². The van der Waals surface area contributed by atoms with Crippen molar-refractivity contribution < 1.29 is 24.0 Å². The SMILES string of the molecule is CC[C@@H](C(=O)C(C)C)[C@H]1CCCC[C@H]1CC(=O)[C@@H]1CCCC1NC(=O)[C@H](CC)[C@H]1CCCC[C@@H]1NC(=O)[C@@H]1CCC[C@H]1CC(=O)C(C)C. The first kappa shape index (κ1) is 38.7. The maximum Gasteiger partial charge on any atom is 0.223 e. The van der Waals surface area contributed by atoms with Gasteiger partial charge in [-0.15, -0.1) is 0 Å². The summed E-state index contributed by atoms with van der Waals surface area (Å²) in [7, 11) is 0. The first-order valence-electron chi connectivity index (χ1n) is 20.2. The van der Waals surface area contributed by atoms with Crippen LogP contribution in [0.4, 0.5) is 0 Å². The molecule has 4 aliphatic rings. The molecule has 0 bridgehead atoms. The highest BCUT2D eigenvalue weighted by Gasteiger charge is 2.43. The Balaban J connectivity index is 1.38. The van der Waals surface area contributed by atoms with Crippen LogP contribution in [0.5, 0.6) is 0 Å². The van der Waals surface area contributed by atoms with Gasteiger partial charge in [0.05, 0.1) is 0 Å². The largest absolute Gasteiger partial charge is 0.353 e. The minimum absolute atomic E-state index is 0.00593. The summed E-state index contributed by atoms with van der Waals surface area (Å²) >= 11 is 0. The van der Waals surface area contributed by atoms with Crippen LogP contribution in [0.25, 0.3) is 0 Å². The predicted octanol–water partition coefficient (Wildman–Crippen LogP) is 8.02. The number of ketones is 3. The molecule has 10 atom stereocenters. The highest BCUT2D eigenvalue weighted by Crippen LogP contribution is 2.42. The van der Waals surface area contributed by atoms with Gasteiger partial charge in [0.15, 0.2) is 0 Å². The van der Waals surface area contributed by atoms with Gasteiger partial charge in [0.2, 0.25) is 11.8 Å². The van der Waals surface area contributed by atoms with Crippen molar-refractivity contribution in [3.8, 4) is 0 Å². The molecular weight excluding hydrogens is 600 g/mol. The molecule has 1 unspecified atom stereocenters. The van der Waals surface area contributed by atoms with Crippen molar-refractivity contribution in [2.45, 2.75) is 169 Å². The highest BCUT2D eigenvalue weighted by atomic mass is 16.2. The van der Waals surface area contributed by atoms with Crippen LogP contribution in [0.1, 0.15) is 157 Å². The van der Waals surface area contributed by atoms with E-state index in [2.05, 4.69) is 24.5 Å². The van der Waals surface area contributed by atoms with Crippen LogP contribution in [0.15, 0.2) is 0 Å². The molecule has 0 radical (unpaired) electrons. The maximum atomic E-state index is 14.0. The van der Waals surface area contributed by atoms with Crippen molar-refractivity contribution >= 4 is 29.2 Å². The van der Waals surface area contributed by atoms with Crippen LogP contribution in [0.2, 0.25) is 0 Å². The number of carbonyl (C=O) groups is 5. The second-order valence-corrected chi connectivity index (χ2v) is 16.8. The van der Waals surface area contributed by atoms with Crippen molar-refractivity contribution in [3.63, 3.8) is 0 Å². The first-order chi connectivity index (χ1) is 23.0. The number of hydrogen-bond donors (Lipinski definition) is 2. The Kier molecular flexibility index (Phi) is 14.7. The third-order valence-corrected chi connectivity index (χ3v) is 13.1. The minimum atomic E-state index is -0.205. The highest BCUT2D eigenvalue weighted by molar-refractivity contribution is 5.86. The normalized spacial score (nSPS) is 32.2. The van der Waals surface area contributed by atoms with Gasteiger partial charge in [0.25, 0.3) is 0 Å². The summed E-state index contributed by atoms with van der Waals surface area (Å²) in [5.41, 5.74) is 0. The maximum absolute atomic E-state index is 14.0. The summed E-state index contributed by atoms with van der Waals surface area (Å²) < 4.78 is 0. The van der Waals surface area contributed by atoms with Crippen molar-refractivity contribution in [2.24, 2.45) is 59.2 Å². The standard InChI is InChI=1S/C41H68N2O5/c1-7-29(39(46)26(5)6)31-17-10-9-15-27(31)24-38(45)34-20-14-22-36(34)43-40(47)30(8-2)33-18-11-12-21-35(33)42-41(48)32-19-13-16-28(32)23-37(44)25(3)4/h25-36H,7-24H2,1-6H3,(H,42,48)(H,43,47)/t27-,28-,29+,30+,31-,32+,33+,34+,35-,36?/m0/s1. The molecule has 0 spiro atoms. The fraction of sp³-hybridized carbons (Fsp3) is 0.878. The lowest BCUT2D eigenvalue weighted by molar-refractivity contribution is -0.133.